The van der Waals surface area contributed by atoms with Crippen LogP contribution in [0, 0.1) is 0 Å². The fourth-order valence-electron chi connectivity index (χ4n) is 2.36. The number of benzene rings is 2. The molecule has 3 aromatic rings. The molecule has 0 N–H and O–H groups in total. The Labute approximate surface area is 152 Å². The van der Waals surface area contributed by atoms with Crippen molar-refractivity contribution in [2.45, 2.75) is 11.3 Å². The van der Waals surface area contributed by atoms with E-state index >= 15 is 0 Å². The number of thioether (sulfide) groups is 1. The highest BCUT2D eigenvalue weighted by atomic mass is 35.5. The summed E-state index contributed by atoms with van der Waals surface area (Å²) in [6.07, 6.45) is 0.344. The molecule has 0 atom stereocenters. The summed E-state index contributed by atoms with van der Waals surface area (Å²) in [7, 11) is 0. The van der Waals surface area contributed by atoms with E-state index in [2.05, 4.69) is 10.1 Å². The molecule has 1 aliphatic heterocycles. The fraction of sp³-hybridized carbons (Fsp3) is 0.118. The number of halogens is 1. The van der Waals surface area contributed by atoms with Gasteiger partial charge in [-0.1, -0.05) is 35.1 Å². The summed E-state index contributed by atoms with van der Waals surface area (Å²) in [6.45, 7) is 0. The Morgan fingerprint density at radius 2 is 1.96 bits per heavy atom. The third-order valence-electron chi connectivity index (χ3n) is 3.52. The summed E-state index contributed by atoms with van der Waals surface area (Å²) in [5.41, 5.74) is 1.75. The zero-order valence-electron chi connectivity index (χ0n) is 12.5. The maximum atomic E-state index is 12.3. The van der Waals surface area contributed by atoms with Gasteiger partial charge in [-0.05, 0) is 36.4 Å². The van der Waals surface area contributed by atoms with Crippen molar-refractivity contribution in [1.82, 2.24) is 4.98 Å². The standard InChI is InChI=1S/C17H12ClN3OS2/c18-11-5-7-13(8-6-11)23-10-12-9-16(22)21(20-12)17-19-14-3-1-2-4-15(14)24-17/h1-8H,9-10H2. The maximum Gasteiger partial charge on any atom is 0.255 e. The van der Waals surface area contributed by atoms with E-state index < -0.39 is 0 Å². The number of carbonyl (C=O) groups excluding carboxylic acids is 1. The number of para-hydroxylation sites is 1. The summed E-state index contributed by atoms with van der Waals surface area (Å²) in [5.74, 6) is 0.648. The summed E-state index contributed by atoms with van der Waals surface area (Å²) in [5, 5.41) is 7.25. The van der Waals surface area contributed by atoms with Gasteiger partial charge < -0.3 is 0 Å². The Balaban J connectivity index is 1.50. The van der Waals surface area contributed by atoms with Crippen LogP contribution in [0.15, 0.2) is 58.5 Å². The van der Waals surface area contributed by atoms with Gasteiger partial charge in [0.1, 0.15) is 0 Å². The highest BCUT2D eigenvalue weighted by Crippen LogP contribution is 2.31. The zero-order chi connectivity index (χ0) is 16.5. The number of aromatic nitrogens is 1. The normalized spacial score (nSPS) is 14.5. The van der Waals surface area contributed by atoms with Crippen molar-refractivity contribution in [3.63, 3.8) is 0 Å². The van der Waals surface area contributed by atoms with Gasteiger partial charge in [-0.25, -0.2) is 4.98 Å². The fourth-order valence-corrected chi connectivity index (χ4v) is 4.24. The van der Waals surface area contributed by atoms with Crippen LogP contribution in [0.5, 0.6) is 0 Å². The number of hydrogen-bond donors (Lipinski definition) is 0. The summed E-state index contributed by atoms with van der Waals surface area (Å²) < 4.78 is 1.06. The van der Waals surface area contributed by atoms with Crippen LogP contribution in [-0.2, 0) is 4.79 Å². The predicted molar refractivity (Wildman–Crippen MR) is 101 cm³/mol. The van der Waals surface area contributed by atoms with Gasteiger partial charge in [0.15, 0.2) is 0 Å². The molecule has 1 aromatic heterocycles. The van der Waals surface area contributed by atoms with Crippen molar-refractivity contribution in [2.75, 3.05) is 10.8 Å². The first-order chi connectivity index (χ1) is 11.7. The lowest BCUT2D eigenvalue weighted by atomic mass is 10.3. The second-order valence-corrected chi connectivity index (χ2v) is 7.75. The van der Waals surface area contributed by atoms with Gasteiger partial charge >= 0.3 is 0 Å². The third kappa shape index (κ3) is 3.17. The van der Waals surface area contributed by atoms with Gasteiger partial charge in [0, 0.05) is 15.7 Å². The van der Waals surface area contributed by atoms with Crippen molar-refractivity contribution in [2.24, 2.45) is 5.10 Å². The number of fused-ring (bicyclic) bond motifs is 1. The molecule has 0 fully saturated rings. The topological polar surface area (TPSA) is 45.6 Å². The first-order valence-corrected chi connectivity index (χ1v) is 9.50. The van der Waals surface area contributed by atoms with Crippen molar-refractivity contribution >= 4 is 61.7 Å². The van der Waals surface area contributed by atoms with Crippen LogP contribution in [0.1, 0.15) is 6.42 Å². The van der Waals surface area contributed by atoms with E-state index in [9.17, 15) is 4.79 Å². The first-order valence-electron chi connectivity index (χ1n) is 7.32. The van der Waals surface area contributed by atoms with Crippen molar-refractivity contribution in [1.29, 1.82) is 0 Å². The average molecular weight is 374 g/mol. The Hall–Kier alpha value is -1.89. The van der Waals surface area contributed by atoms with Gasteiger partial charge in [0.25, 0.3) is 5.91 Å². The van der Waals surface area contributed by atoms with Crippen molar-refractivity contribution in [3.8, 4) is 0 Å². The highest BCUT2D eigenvalue weighted by molar-refractivity contribution is 8.00. The second-order valence-electron chi connectivity index (χ2n) is 5.26. The number of rotatable bonds is 4. The number of nitrogens with zero attached hydrogens (tertiary/aromatic N) is 3. The Bertz CT molecular complexity index is 903. The molecule has 0 spiro atoms. The van der Waals surface area contributed by atoms with Crippen molar-refractivity contribution in [3.05, 3.63) is 53.6 Å². The molecule has 0 unspecified atom stereocenters. The molecule has 4 rings (SSSR count). The molecule has 0 bridgehead atoms. The molecular weight excluding hydrogens is 362 g/mol. The molecule has 24 heavy (non-hydrogen) atoms. The lowest BCUT2D eigenvalue weighted by molar-refractivity contribution is -0.116. The van der Waals surface area contributed by atoms with E-state index in [4.69, 9.17) is 11.6 Å². The number of carbonyl (C=O) groups is 1. The number of thiazole rings is 1. The number of hydrogen-bond acceptors (Lipinski definition) is 5. The van der Waals surface area contributed by atoms with E-state index in [0.717, 1.165) is 25.8 Å². The number of anilines is 1. The summed E-state index contributed by atoms with van der Waals surface area (Å²) >= 11 is 9.02. The molecule has 1 aliphatic rings. The van der Waals surface area contributed by atoms with Gasteiger partial charge in [-0.15, -0.1) is 11.8 Å². The summed E-state index contributed by atoms with van der Waals surface area (Å²) in [6, 6.07) is 15.5. The predicted octanol–water partition coefficient (Wildman–Crippen LogP) is 4.83. The van der Waals surface area contributed by atoms with Crippen LogP contribution in [0.25, 0.3) is 10.2 Å². The molecule has 0 saturated carbocycles. The minimum atomic E-state index is -0.0271. The largest absolute Gasteiger partial charge is 0.272 e. The SMILES string of the molecule is O=C1CC(CSc2ccc(Cl)cc2)=NN1c1nc2ccccc2s1. The number of amides is 1. The lowest BCUT2D eigenvalue weighted by Crippen LogP contribution is -2.19. The first kappa shape index (κ1) is 15.6. The molecule has 1 amide bonds. The second kappa shape index (κ2) is 6.55. The van der Waals surface area contributed by atoms with Crippen LogP contribution in [-0.4, -0.2) is 22.4 Å². The third-order valence-corrected chi connectivity index (χ3v) is 5.86. The zero-order valence-corrected chi connectivity index (χ0v) is 14.9. The molecule has 2 heterocycles. The molecule has 120 valence electrons. The highest BCUT2D eigenvalue weighted by Gasteiger charge is 2.27. The quantitative estimate of drug-likeness (QED) is 0.615. The van der Waals surface area contributed by atoms with Crippen LogP contribution in [0.2, 0.25) is 5.02 Å². The maximum absolute atomic E-state index is 12.3. The van der Waals surface area contributed by atoms with Gasteiger partial charge in [-0.2, -0.15) is 10.1 Å². The Morgan fingerprint density at radius 3 is 2.75 bits per heavy atom. The number of hydrazone groups is 1. The van der Waals surface area contributed by atoms with Gasteiger partial charge in [0.2, 0.25) is 5.13 Å². The minimum Gasteiger partial charge on any atom is -0.272 e. The van der Waals surface area contributed by atoms with Crippen LogP contribution in [0.4, 0.5) is 5.13 Å². The van der Waals surface area contributed by atoms with Gasteiger partial charge in [-0.3, -0.25) is 4.79 Å². The van der Waals surface area contributed by atoms with Crippen LogP contribution >= 0.6 is 34.7 Å². The molecule has 4 nitrogen and oxygen atoms in total. The van der Waals surface area contributed by atoms with Crippen LogP contribution in [0.3, 0.4) is 0 Å². The Morgan fingerprint density at radius 1 is 1.17 bits per heavy atom. The average Bonchev–Trinajstić information content (AvgIpc) is 3.17. The van der Waals surface area contributed by atoms with E-state index in [1.807, 2.05) is 48.5 Å². The van der Waals surface area contributed by atoms with E-state index in [0.29, 0.717) is 17.3 Å². The molecular formula is C17H12ClN3OS2. The molecule has 2 aromatic carbocycles. The van der Waals surface area contributed by atoms with Crippen molar-refractivity contribution < 1.29 is 4.79 Å². The van der Waals surface area contributed by atoms with Gasteiger partial charge in [0.05, 0.1) is 22.3 Å². The lowest BCUT2D eigenvalue weighted by Gasteiger charge is -2.05. The van der Waals surface area contributed by atoms with E-state index in [1.165, 1.54) is 16.3 Å². The molecule has 7 heteroatoms. The monoisotopic (exact) mass is 373 g/mol. The Kier molecular flexibility index (Phi) is 4.26. The summed E-state index contributed by atoms with van der Waals surface area (Å²) in [4.78, 5) is 17.9. The smallest absolute Gasteiger partial charge is 0.255 e. The van der Waals surface area contributed by atoms with Crippen LogP contribution < -0.4 is 5.01 Å². The molecule has 0 aliphatic carbocycles. The molecule has 0 radical (unpaired) electrons. The van der Waals surface area contributed by atoms with E-state index in [1.54, 1.807) is 11.8 Å². The van der Waals surface area contributed by atoms with E-state index in [-0.39, 0.29) is 5.91 Å². The minimum absolute atomic E-state index is 0.0271. The molecule has 0 saturated heterocycles.